The van der Waals surface area contributed by atoms with Crippen LogP contribution in [0.4, 0.5) is 5.95 Å². The highest BCUT2D eigenvalue weighted by molar-refractivity contribution is 5.86. The second kappa shape index (κ2) is 5.85. The molecule has 0 radical (unpaired) electrons. The second-order valence-corrected chi connectivity index (χ2v) is 6.18. The third-order valence-electron chi connectivity index (χ3n) is 4.69. The van der Waals surface area contributed by atoms with E-state index >= 15 is 0 Å². The fourth-order valence-corrected chi connectivity index (χ4v) is 3.31. The third-order valence-corrected chi connectivity index (χ3v) is 4.69. The van der Waals surface area contributed by atoms with Crippen molar-refractivity contribution in [2.45, 2.75) is 6.54 Å². The van der Waals surface area contributed by atoms with Crippen LogP contribution in [0.3, 0.4) is 0 Å². The number of aromatic nitrogens is 4. The summed E-state index contributed by atoms with van der Waals surface area (Å²) in [4.78, 5) is 29.2. The average Bonchev–Trinajstić information content (AvgIpc) is 3.03. The number of nitrogens with zero attached hydrogens (tertiary/aromatic N) is 4. The van der Waals surface area contributed by atoms with Gasteiger partial charge in [0.2, 0.25) is 5.95 Å². The van der Waals surface area contributed by atoms with Crippen LogP contribution < -0.4 is 22.5 Å². The summed E-state index contributed by atoms with van der Waals surface area (Å²) in [5.41, 5.74) is 3.35. The zero-order valence-corrected chi connectivity index (χ0v) is 14.4. The molecule has 2 aromatic heterocycles. The summed E-state index contributed by atoms with van der Waals surface area (Å²) >= 11 is 0. The molecule has 0 aliphatic rings. The van der Waals surface area contributed by atoms with Gasteiger partial charge >= 0.3 is 5.69 Å². The van der Waals surface area contributed by atoms with E-state index in [-0.39, 0.29) is 0 Å². The molecular formula is C18H18N6O2. The van der Waals surface area contributed by atoms with Crippen LogP contribution in [0.25, 0.3) is 21.9 Å². The number of hydrogen-bond donors (Lipinski definition) is 2. The molecule has 0 bridgehead atoms. The van der Waals surface area contributed by atoms with Crippen molar-refractivity contribution in [2.75, 3.05) is 5.43 Å². The van der Waals surface area contributed by atoms with Gasteiger partial charge in [0, 0.05) is 14.1 Å². The van der Waals surface area contributed by atoms with Gasteiger partial charge in [0.25, 0.3) is 5.56 Å². The SMILES string of the molecule is Cn1c(=O)c2c(nc(NN)n2Cc2cccc3ccccc23)n(C)c1=O. The van der Waals surface area contributed by atoms with Crippen molar-refractivity contribution in [3.05, 3.63) is 68.9 Å². The monoisotopic (exact) mass is 350 g/mol. The smallest absolute Gasteiger partial charge is 0.299 e. The minimum absolute atomic E-state index is 0.297. The molecule has 0 aliphatic heterocycles. The van der Waals surface area contributed by atoms with Gasteiger partial charge in [-0.25, -0.2) is 10.6 Å². The predicted octanol–water partition coefficient (Wildman–Crippen LogP) is 0.921. The quantitative estimate of drug-likeness (QED) is 0.423. The van der Waals surface area contributed by atoms with Crippen LogP contribution in [0.15, 0.2) is 52.1 Å². The second-order valence-electron chi connectivity index (χ2n) is 6.18. The lowest BCUT2D eigenvalue weighted by atomic mass is 10.0. The molecular weight excluding hydrogens is 332 g/mol. The number of anilines is 1. The number of benzene rings is 2. The molecule has 2 heterocycles. The Morgan fingerprint density at radius 2 is 1.77 bits per heavy atom. The maximum atomic E-state index is 12.7. The third kappa shape index (κ3) is 2.23. The van der Waals surface area contributed by atoms with E-state index in [9.17, 15) is 9.59 Å². The van der Waals surface area contributed by atoms with E-state index in [1.807, 2.05) is 42.5 Å². The highest BCUT2D eigenvalue weighted by Crippen LogP contribution is 2.22. The van der Waals surface area contributed by atoms with Crippen molar-refractivity contribution >= 4 is 27.9 Å². The van der Waals surface area contributed by atoms with Crippen LogP contribution in [0.1, 0.15) is 5.56 Å². The number of aryl methyl sites for hydroxylation is 1. The molecule has 26 heavy (non-hydrogen) atoms. The number of nitrogen functional groups attached to an aromatic ring is 1. The van der Waals surface area contributed by atoms with Gasteiger partial charge in [-0.15, -0.1) is 0 Å². The molecule has 0 fully saturated rings. The normalized spacial score (nSPS) is 11.3. The molecule has 4 aromatic rings. The van der Waals surface area contributed by atoms with Gasteiger partial charge in [-0.3, -0.25) is 23.9 Å². The molecule has 0 unspecified atom stereocenters. The molecule has 8 nitrogen and oxygen atoms in total. The molecule has 0 aliphatic carbocycles. The highest BCUT2D eigenvalue weighted by Gasteiger charge is 2.19. The summed E-state index contributed by atoms with van der Waals surface area (Å²) in [7, 11) is 3.04. The van der Waals surface area contributed by atoms with Crippen LogP contribution in [-0.4, -0.2) is 18.7 Å². The Kier molecular flexibility index (Phi) is 3.62. The molecule has 0 atom stereocenters. The Balaban J connectivity index is 2.02. The number of hydrazine groups is 1. The van der Waals surface area contributed by atoms with Crippen molar-refractivity contribution in [3.63, 3.8) is 0 Å². The fourth-order valence-electron chi connectivity index (χ4n) is 3.31. The first-order chi connectivity index (χ1) is 12.5. The van der Waals surface area contributed by atoms with E-state index in [1.165, 1.54) is 11.6 Å². The molecule has 8 heteroatoms. The van der Waals surface area contributed by atoms with Crippen LogP contribution in [0.2, 0.25) is 0 Å². The molecule has 2 aromatic carbocycles. The summed E-state index contributed by atoms with van der Waals surface area (Å²) in [6.07, 6.45) is 0. The minimum Gasteiger partial charge on any atom is -0.299 e. The van der Waals surface area contributed by atoms with Gasteiger partial charge in [0.15, 0.2) is 11.2 Å². The lowest BCUT2D eigenvalue weighted by molar-refractivity contribution is 0.703. The highest BCUT2D eigenvalue weighted by atomic mass is 16.2. The van der Waals surface area contributed by atoms with E-state index in [2.05, 4.69) is 10.4 Å². The Labute approximate surface area is 148 Å². The van der Waals surface area contributed by atoms with Gasteiger partial charge in [-0.05, 0) is 16.3 Å². The first-order valence-corrected chi connectivity index (χ1v) is 8.12. The summed E-state index contributed by atoms with van der Waals surface area (Å²) in [6, 6.07) is 14.0. The van der Waals surface area contributed by atoms with E-state index in [0.29, 0.717) is 23.7 Å². The molecule has 3 N–H and O–H groups in total. The number of fused-ring (bicyclic) bond motifs is 2. The van der Waals surface area contributed by atoms with Crippen LogP contribution in [-0.2, 0) is 20.6 Å². The molecule has 0 saturated carbocycles. The molecule has 4 rings (SSSR count). The number of hydrogen-bond acceptors (Lipinski definition) is 5. The van der Waals surface area contributed by atoms with E-state index < -0.39 is 11.2 Å². The minimum atomic E-state index is -0.430. The summed E-state index contributed by atoms with van der Waals surface area (Å²) in [5.74, 6) is 5.95. The number of nitrogens with two attached hydrogens (primary N) is 1. The van der Waals surface area contributed by atoms with Crippen molar-refractivity contribution in [2.24, 2.45) is 19.9 Å². The topological polar surface area (TPSA) is 99.9 Å². The van der Waals surface area contributed by atoms with E-state index in [4.69, 9.17) is 5.84 Å². The summed E-state index contributed by atoms with van der Waals surface area (Å²) < 4.78 is 4.12. The first kappa shape index (κ1) is 16.1. The van der Waals surface area contributed by atoms with Crippen molar-refractivity contribution in [1.29, 1.82) is 0 Å². The van der Waals surface area contributed by atoms with E-state index in [0.717, 1.165) is 20.9 Å². The Morgan fingerprint density at radius 1 is 1.04 bits per heavy atom. The van der Waals surface area contributed by atoms with Gasteiger partial charge in [0.1, 0.15) is 0 Å². The maximum absolute atomic E-state index is 12.7. The van der Waals surface area contributed by atoms with Crippen molar-refractivity contribution in [3.8, 4) is 0 Å². The predicted molar refractivity (Wildman–Crippen MR) is 101 cm³/mol. The first-order valence-electron chi connectivity index (χ1n) is 8.12. The number of rotatable bonds is 3. The Hall–Kier alpha value is -3.39. The number of imidazole rings is 1. The zero-order valence-electron chi connectivity index (χ0n) is 14.4. The molecule has 0 spiro atoms. The van der Waals surface area contributed by atoms with Gasteiger partial charge in [0.05, 0.1) is 6.54 Å². The molecule has 132 valence electrons. The van der Waals surface area contributed by atoms with Crippen molar-refractivity contribution < 1.29 is 0 Å². The van der Waals surface area contributed by atoms with Gasteiger partial charge in [-0.2, -0.15) is 4.98 Å². The molecule has 0 amide bonds. The lowest BCUT2D eigenvalue weighted by Crippen LogP contribution is -2.37. The standard InChI is InChI=1S/C18H18N6O2/c1-22-15-14(16(25)23(2)18(22)26)24(17(20-15)21-19)10-12-8-5-7-11-6-3-4-9-13(11)12/h3-9H,10,19H2,1-2H3,(H,20,21). The fraction of sp³-hybridized carbons (Fsp3) is 0.167. The van der Waals surface area contributed by atoms with Gasteiger partial charge < -0.3 is 0 Å². The lowest BCUT2D eigenvalue weighted by Gasteiger charge is -2.11. The zero-order chi connectivity index (χ0) is 18.4. The van der Waals surface area contributed by atoms with Crippen LogP contribution >= 0.6 is 0 Å². The van der Waals surface area contributed by atoms with Crippen molar-refractivity contribution in [1.82, 2.24) is 18.7 Å². The van der Waals surface area contributed by atoms with Crippen LogP contribution in [0, 0.1) is 0 Å². The summed E-state index contributed by atoms with van der Waals surface area (Å²) in [6.45, 7) is 0.394. The van der Waals surface area contributed by atoms with Gasteiger partial charge in [-0.1, -0.05) is 42.5 Å². The average molecular weight is 350 g/mol. The largest absolute Gasteiger partial charge is 0.332 e. The molecule has 0 saturated heterocycles. The number of nitrogens with one attached hydrogen (secondary N) is 1. The Bertz CT molecular complexity index is 1260. The maximum Gasteiger partial charge on any atom is 0.332 e. The summed E-state index contributed by atoms with van der Waals surface area (Å²) in [5, 5.41) is 2.19. The Morgan fingerprint density at radius 3 is 2.54 bits per heavy atom. The van der Waals surface area contributed by atoms with E-state index in [1.54, 1.807) is 11.6 Å². The van der Waals surface area contributed by atoms with Crippen LogP contribution in [0.5, 0.6) is 0 Å².